The molecular weight excluding hydrogens is 523 g/mol. The molecule has 0 atom stereocenters. The molecule has 1 aliphatic heterocycles. The number of nitrogens with one attached hydrogen (secondary N) is 3. The van der Waals surface area contributed by atoms with Crippen molar-refractivity contribution >= 4 is 40.2 Å². The van der Waals surface area contributed by atoms with Gasteiger partial charge in [-0.3, -0.25) is 9.78 Å². The number of carbonyl (C=O) groups is 1. The molecule has 204 valence electrons. The molecule has 0 aliphatic carbocycles. The standard InChI is InChI=1S/C28H30ClFN6O3/c1-4-16-13-32-26(33-20-11-18(28(2,3)30)10-19(29)12-20)34-22(16)7-8-31-21-14-36(15-21)25(37)17-5-6-23-24(9-17)39-27(38)35-23/h5-6,9-13,21,31H,4,7-8,14-15H2,1-3H3,(H,35,38)(H,32,33,34). The van der Waals surface area contributed by atoms with Crippen molar-refractivity contribution in [1.82, 2.24) is 25.2 Å². The van der Waals surface area contributed by atoms with Crippen LogP contribution in [-0.4, -0.2) is 51.4 Å². The van der Waals surface area contributed by atoms with E-state index in [1.165, 1.54) is 13.8 Å². The van der Waals surface area contributed by atoms with Crippen molar-refractivity contribution in [2.45, 2.75) is 45.3 Å². The lowest BCUT2D eigenvalue weighted by molar-refractivity contribution is 0.0568. The number of oxazole rings is 1. The van der Waals surface area contributed by atoms with Gasteiger partial charge in [0.05, 0.1) is 11.2 Å². The highest BCUT2D eigenvalue weighted by molar-refractivity contribution is 6.31. The monoisotopic (exact) mass is 552 g/mol. The fourth-order valence-electron chi connectivity index (χ4n) is 4.58. The number of alkyl halides is 1. The molecule has 1 fully saturated rings. The molecule has 3 N–H and O–H groups in total. The highest BCUT2D eigenvalue weighted by Gasteiger charge is 2.31. The van der Waals surface area contributed by atoms with Gasteiger partial charge in [0.25, 0.3) is 5.91 Å². The third-order valence-electron chi connectivity index (χ3n) is 6.81. The van der Waals surface area contributed by atoms with Crippen LogP contribution < -0.4 is 16.4 Å². The van der Waals surface area contributed by atoms with Crippen LogP contribution in [-0.2, 0) is 18.5 Å². The minimum atomic E-state index is -1.53. The maximum atomic E-state index is 14.5. The largest absolute Gasteiger partial charge is 0.417 e. The first kappa shape index (κ1) is 26.8. The molecule has 4 aromatic rings. The van der Waals surface area contributed by atoms with Crippen LogP contribution in [0, 0.1) is 0 Å². The van der Waals surface area contributed by atoms with Gasteiger partial charge in [-0.05, 0) is 67.8 Å². The second kappa shape index (κ2) is 10.8. The lowest BCUT2D eigenvalue weighted by Crippen LogP contribution is -2.60. The summed E-state index contributed by atoms with van der Waals surface area (Å²) >= 11 is 6.21. The Kier molecular flexibility index (Phi) is 7.42. The number of anilines is 2. The van der Waals surface area contributed by atoms with E-state index in [-0.39, 0.29) is 11.9 Å². The number of fused-ring (bicyclic) bond motifs is 1. The lowest BCUT2D eigenvalue weighted by atomic mass is 10.00. The van der Waals surface area contributed by atoms with E-state index in [4.69, 9.17) is 21.0 Å². The number of benzene rings is 2. The van der Waals surface area contributed by atoms with E-state index in [0.717, 1.165) is 17.7 Å². The second-order valence-corrected chi connectivity index (χ2v) is 10.6. The molecule has 11 heteroatoms. The highest BCUT2D eigenvalue weighted by atomic mass is 35.5. The molecule has 3 heterocycles. The fourth-order valence-corrected chi connectivity index (χ4v) is 4.81. The maximum Gasteiger partial charge on any atom is 0.417 e. The average molecular weight is 553 g/mol. The summed E-state index contributed by atoms with van der Waals surface area (Å²) in [5, 5.41) is 7.07. The molecule has 1 amide bonds. The van der Waals surface area contributed by atoms with Crippen LogP contribution >= 0.6 is 11.6 Å². The summed E-state index contributed by atoms with van der Waals surface area (Å²) in [4.78, 5) is 37.6. The summed E-state index contributed by atoms with van der Waals surface area (Å²) in [7, 11) is 0. The zero-order valence-corrected chi connectivity index (χ0v) is 22.7. The summed E-state index contributed by atoms with van der Waals surface area (Å²) in [5.41, 5.74) is 2.95. The van der Waals surface area contributed by atoms with Crippen LogP contribution in [0.2, 0.25) is 5.02 Å². The Labute approximate surface area is 229 Å². The van der Waals surface area contributed by atoms with Gasteiger partial charge in [0.2, 0.25) is 5.95 Å². The molecular formula is C28H30ClFN6O3. The van der Waals surface area contributed by atoms with Gasteiger partial charge in [0.15, 0.2) is 5.58 Å². The van der Waals surface area contributed by atoms with Gasteiger partial charge >= 0.3 is 5.76 Å². The zero-order chi connectivity index (χ0) is 27.7. The first-order chi connectivity index (χ1) is 18.6. The molecule has 2 aromatic heterocycles. The number of halogens is 2. The van der Waals surface area contributed by atoms with Gasteiger partial charge in [-0.2, -0.15) is 0 Å². The van der Waals surface area contributed by atoms with E-state index in [2.05, 4.69) is 27.5 Å². The van der Waals surface area contributed by atoms with Crippen molar-refractivity contribution in [2.24, 2.45) is 0 Å². The van der Waals surface area contributed by atoms with Gasteiger partial charge < -0.3 is 20.0 Å². The van der Waals surface area contributed by atoms with E-state index in [1.54, 1.807) is 41.3 Å². The number of likely N-dealkylation sites (tertiary alicyclic amines) is 1. The number of hydrogen-bond acceptors (Lipinski definition) is 7. The predicted octanol–water partition coefficient (Wildman–Crippen LogP) is 4.73. The van der Waals surface area contributed by atoms with Crippen molar-refractivity contribution in [3.63, 3.8) is 0 Å². The summed E-state index contributed by atoms with van der Waals surface area (Å²) in [5.74, 6) is -0.221. The number of nitrogens with zero attached hydrogens (tertiary/aromatic N) is 3. The first-order valence-corrected chi connectivity index (χ1v) is 13.2. The second-order valence-electron chi connectivity index (χ2n) is 10.2. The van der Waals surface area contributed by atoms with Gasteiger partial charge in [-0.25, -0.2) is 19.2 Å². The van der Waals surface area contributed by atoms with E-state index < -0.39 is 11.4 Å². The normalized spacial score (nSPS) is 14.0. The van der Waals surface area contributed by atoms with Crippen molar-refractivity contribution in [2.75, 3.05) is 25.0 Å². The SMILES string of the molecule is CCc1cnc(Nc2cc(Cl)cc(C(C)(C)F)c2)nc1CCNC1CN(C(=O)c2ccc3[nH]c(=O)oc3c2)C1. The molecule has 2 aromatic carbocycles. The molecule has 0 saturated carbocycles. The molecule has 0 unspecified atom stereocenters. The molecule has 1 aliphatic rings. The quantitative estimate of drug-likeness (QED) is 0.275. The third kappa shape index (κ3) is 6.12. The molecule has 39 heavy (non-hydrogen) atoms. The predicted molar refractivity (Wildman–Crippen MR) is 149 cm³/mol. The Hall–Kier alpha value is -3.76. The summed E-state index contributed by atoms with van der Waals surface area (Å²) < 4.78 is 19.5. The Morgan fingerprint density at radius 1 is 1.26 bits per heavy atom. The smallest absolute Gasteiger partial charge is 0.408 e. The average Bonchev–Trinajstić information content (AvgIpc) is 3.23. The number of hydrogen-bond donors (Lipinski definition) is 3. The zero-order valence-electron chi connectivity index (χ0n) is 22.0. The van der Waals surface area contributed by atoms with Crippen LogP contribution in [0.3, 0.4) is 0 Å². The Balaban J connectivity index is 1.16. The number of carbonyl (C=O) groups excluding carboxylic acids is 1. The van der Waals surface area contributed by atoms with Gasteiger partial charge in [-0.15, -0.1) is 0 Å². The van der Waals surface area contributed by atoms with Crippen LogP contribution in [0.1, 0.15) is 48.0 Å². The topological polar surface area (TPSA) is 116 Å². The summed E-state index contributed by atoms with van der Waals surface area (Å²) in [6.07, 6.45) is 3.29. The number of aryl methyl sites for hydroxylation is 1. The number of aromatic nitrogens is 3. The maximum absolute atomic E-state index is 14.5. The van der Waals surface area contributed by atoms with Crippen LogP contribution in [0.15, 0.2) is 51.8 Å². The summed E-state index contributed by atoms with van der Waals surface area (Å²) in [6, 6.07) is 10.2. The first-order valence-electron chi connectivity index (χ1n) is 12.9. The van der Waals surface area contributed by atoms with Crippen molar-refractivity contribution in [3.8, 4) is 0 Å². The van der Waals surface area contributed by atoms with Gasteiger partial charge in [-0.1, -0.05) is 18.5 Å². The van der Waals surface area contributed by atoms with E-state index >= 15 is 0 Å². The molecule has 9 nitrogen and oxygen atoms in total. The molecule has 0 radical (unpaired) electrons. The Bertz CT molecular complexity index is 1570. The molecule has 0 bridgehead atoms. The van der Waals surface area contributed by atoms with Crippen molar-refractivity contribution < 1.29 is 13.6 Å². The lowest BCUT2D eigenvalue weighted by Gasteiger charge is -2.39. The van der Waals surface area contributed by atoms with E-state index in [1.807, 2.05) is 6.20 Å². The van der Waals surface area contributed by atoms with Crippen LogP contribution in [0.5, 0.6) is 0 Å². The summed E-state index contributed by atoms with van der Waals surface area (Å²) in [6.45, 7) is 6.90. The third-order valence-corrected chi connectivity index (χ3v) is 7.03. The number of aromatic amines is 1. The van der Waals surface area contributed by atoms with Crippen molar-refractivity contribution in [3.05, 3.63) is 80.6 Å². The number of H-pyrrole nitrogens is 1. The molecule has 0 spiro atoms. The van der Waals surface area contributed by atoms with Crippen LogP contribution in [0.25, 0.3) is 11.1 Å². The Morgan fingerprint density at radius 2 is 2.05 bits per heavy atom. The molecule has 1 saturated heterocycles. The van der Waals surface area contributed by atoms with E-state index in [0.29, 0.717) is 64.9 Å². The Morgan fingerprint density at radius 3 is 2.79 bits per heavy atom. The van der Waals surface area contributed by atoms with Gasteiger partial charge in [0.1, 0.15) is 5.67 Å². The minimum Gasteiger partial charge on any atom is -0.408 e. The van der Waals surface area contributed by atoms with Crippen molar-refractivity contribution in [1.29, 1.82) is 0 Å². The highest BCUT2D eigenvalue weighted by Crippen LogP contribution is 2.31. The van der Waals surface area contributed by atoms with E-state index in [9.17, 15) is 14.0 Å². The number of rotatable bonds is 9. The van der Waals surface area contributed by atoms with Gasteiger partial charge in [0, 0.05) is 54.6 Å². The molecule has 5 rings (SSSR count). The number of amides is 1. The fraction of sp³-hybridized carbons (Fsp3) is 0.357. The van der Waals surface area contributed by atoms with Crippen LogP contribution in [0.4, 0.5) is 16.0 Å². The minimum absolute atomic E-state index is 0.0982.